The molecule has 3 aromatic rings. The van der Waals surface area contributed by atoms with Crippen LogP contribution < -0.4 is 0 Å². The first-order chi connectivity index (χ1) is 20.7. The molecule has 0 saturated heterocycles. The van der Waals surface area contributed by atoms with E-state index in [4.69, 9.17) is 0 Å². The molecule has 230 valence electrons. The quantitative estimate of drug-likeness (QED) is 0.189. The van der Waals surface area contributed by atoms with Crippen molar-refractivity contribution < 1.29 is 14.4 Å². The molecule has 0 N–H and O–H groups in total. The number of ketones is 3. The van der Waals surface area contributed by atoms with Crippen molar-refractivity contribution in [2.24, 2.45) is 17.8 Å². The van der Waals surface area contributed by atoms with E-state index in [2.05, 4.69) is 94.4 Å². The number of carbonyl (C=O) groups is 3. The Balaban J connectivity index is 0.00000162. The summed E-state index contributed by atoms with van der Waals surface area (Å²) in [6.45, 7) is 12.0. The average molecular weight is 581 g/mol. The number of rotatable bonds is 13. The van der Waals surface area contributed by atoms with E-state index in [9.17, 15) is 14.4 Å². The molecular formula is C40H52O3. The molecule has 3 aromatic carbocycles. The van der Waals surface area contributed by atoms with Gasteiger partial charge in [0.25, 0.3) is 0 Å². The molecule has 1 aliphatic carbocycles. The number of carbonyl (C=O) groups excluding carboxylic acids is 3. The lowest BCUT2D eigenvalue weighted by molar-refractivity contribution is -0.129. The van der Waals surface area contributed by atoms with E-state index in [1.54, 1.807) is 0 Å². The van der Waals surface area contributed by atoms with Crippen LogP contribution in [0.3, 0.4) is 0 Å². The summed E-state index contributed by atoms with van der Waals surface area (Å²) in [5.74, 6) is 0.538. The van der Waals surface area contributed by atoms with Crippen molar-refractivity contribution in [1.29, 1.82) is 0 Å². The number of aryl methyl sites for hydroxylation is 3. The smallest absolute Gasteiger partial charge is 0.163 e. The van der Waals surface area contributed by atoms with Crippen LogP contribution in [0.2, 0.25) is 0 Å². The minimum absolute atomic E-state index is 0.0236. The van der Waals surface area contributed by atoms with Crippen molar-refractivity contribution in [1.82, 2.24) is 0 Å². The molecular weight excluding hydrogens is 528 g/mol. The molecule has 0 amide bonds. The minimum atomic E-state index is -0.110. The van der Waals surface area contributed by atoms with Gasteiger partial charge in [-0.1, -0.05) is 114 Å². The third-order valence-electron chi connectivity index (χ3n) is 8.72. The zero-order valence-electron chi connectivity index (χ0n) is 27.4. The Bertz CT molecular complexity index is 1340. The Morgan fingerprint density at radius 3 is 2.05 bits per heavy atom. The van der Waals surface area contributed by atoms with E-state index in [0.29, 0.717) is 6.42 Å². The Morgan fingerprint density at radius 1 is 0.837 bits per heavy atom. The number of benzene rings is 3. The lowest BCUT2D eigenvalue weighted by Gasteiger charge is -2.32. The molecule has 0 heterocycles. The fourth-order valence-electron chi connectivity index (χ4n) is 6.79. The topological polar surface area (TPSA) is 51.2 Å². The van der Waals surface area contributed by atoms with Gasteiger partial charge in [0.1, 0.15) is 11.6 Å². The Kier molecular flexibility index (Phi) is 13.6. The molecule has 0 bridgehead atoms. The predicted octanol–water partition coefficient (Wildman–Crippen LogP) is 9.99. The van der Waals surface area contributed by atoms with Crippen LogP contribution in [0, 0.1) is 24.7 Å². The fourth-order valence-corrected chi connectivity index (χ4v) is 6.79. The van der Waals surface area contributed by atoms with Crippen molar-refractivity contribution >= 4 is 17.3 Å². The van der Waals surface area contributed by atoms with Crippen molar-refractivity contribution in [2.75, 3.05) is 0 Å². The fraction of sp³-hybridized carbons (Fsp3) is 0.475. The van der Waals surface area contributed by atoms with Crippen LogP contribution in [0.4, 0.5) is 0 Å². The molecule has 0 fully saturated rings. The predicted molar refractivity (Wildman–Crippen MR) is 180 cm³/mol. The summed E-state index contributed by atoms with van der Waals surface area (Å²) >= 11 is 0. The zero-order chi connectivity index (χ0) is 31.4. The van der Waals surface area contributed by atoms with Gasteiger partial charge < -0.3 is 0 Å². The Labute approximate surface area is 260 Å². The largest absolute Gasteiger partial charge is 0.300 e. The molecule has 3 nitrogen and oxygen atoms in total. The second-order valence-corrected chi connectivity index (χ2v) is 12.5. The van der Waals surface area contributed by atoms with Crippen molar-refractivity contribution in [2.45, 2.75) is 106 Å². The van der Waals surface area contributed by atoms with Crippen LogP contribution in [0.1, 0.15) is 112 Å². The summed E-state index contributed by atoms with van der Waals surface area (Å²) in [6, 6.07) is 23.7. The van der Waals surface area contributed by atoms with E-state index in [1.807, 2.05) is 6.92 Å². The van der Waals surface area contributed by atoms with Crippen molar-refractivity contribution in [3.8, 4) is 11.1 Å². The molecule has 0 spiro atoms. The lowest BCUT2D eigenvalue weighted by Crippen LogP contribution is -2.30. The van der Waals surface area contributed by atoms with E-state index in [-0.39, 0.29) is 41.5 Å². The summed E-state index contributed by atoms with van der Waals surface area (Å²) in [6.07, 6.45) is 8.22. The van der Waals surface area contributed by atoms with Gasteiger partial charge in [-0.15, -0.1) is 0 Å². The van der Waals surface area contributed by atoms with Crippen LogP contribution in [-0.4, -0.2) is 17.3 Å². The molecule has 3 unspecified atom stereocenters. The molecule has 0 saturated carbocycles. The van der Waals surface area contributed by atoms with Gasteiger partial charge in [-0.05, 0) is 91.2 Å². The minimum Gasteiger partial charge on any atom is -0.300 e. The highest BCUT2D eigenvalue weighted by Crippen LogP contribution is 2.40. The molecule has 0 aromatic heterocycles. The number of Topliss-reactive ketones (excluding diaryl/α,β-unsaturated/α-hetero) is 3. The monoisotopic (exact) mass is 580 g/mol. The number of hydrogen-bond donors (Lipinski definition) is 0. The maximum absolute atomic E-state index is 13.5. The van der Waals surface area contributed by atoms with Crippen molar-refractivity contribution in [3.63, 3.8) is 0 Å². The summed E-state index contributed by atoms with van der Waals surface area (Å²) < 4.78 is 0. The third kappa shape index (κ3) is 9.58. The molecule has 4 rings (SSSR count). The van der Waals surface area contributed by atoms with E-state index >= 15 is 0 Å². The molecule has 3 atom stereocenters. The highest BCUT2D eigenvalue weighted by atomic mass is 16.1. The van der Waals surface area contributed by atoms with Gasteiger partial charge in [-0.2, -0.15) is 0 Å². The third-order valence-corrected chi connectivity index (χ3v) is 8.72. The van der Waals surface area contributed by atoms with Crippen LogP contribution in [0.5, 0.6) is 0 Å². The molecule has 3 heteroatoms. The standard InChI is InChI=1S/C37H44O3.C3H8/c1-5-10-31(32(6-2)35(39)21-26(4)38)22-29-23-34-33(20-13-25(3)37(34)36(40)24-29)30-18-16-28(17-19-30)15-14-27-11-8-7-9-12-27;1-3-2/h7-9,11-13,16-20,29,31-32H,5-6,10,14-15,21-24H2,1-4H3;3H2,1-2H3. The first kappa shape index (κ1) is 34.2. The van der Waals surface area contributed by atoms with Gasteiger partial charge in [0, 0.05) is 17.9 Å². The zero-order valence-corrected chi connectivity index (χ0v) is 27.4. The second-order valence-electron chi connectivity index (χ2n) is 12.5. The average Bonchev–Trinajstić information content (AvgIpc) is 2.97. The molecule has 1 aliphatic rings. The molecule has 43 heavy (non-hydrogen) atoms. The van der Waals surface area contributed by atoms with Gasteiger partial charge >= 0.3 is 0 Å². The summed E-state index contributed by atoms with van der Waals surface area (Å²) in [7, 11) is 0. The van der Waals surface area contributed by atoms with Gasteiger partial charge in [-0.3, -0.25) is 14.4 Å². The highest BCUT2D eigenvalue weighted by Gasteiger charge is 2.34. The summed E-state index contributed by atoms with van der Waals surface area (Å²) in [5, 5.41) is 0. The van der Waals surface area contributed by atoms with E-state index in [1.165, 1.54) is 24.5 Å². The Hall–Kier alpha value is -3.33. The number of fused-ring (bicyclic) bond motifs is 1. The van der Waals surface area contributed by atoms with Gasteiger partial charge in [0.2, 0.25) is 0 Å². The van der Waals surface area contributed by atoms with Crippen LogP contribution >= 0.6 is 0 Å². The normalized spacial score (nSPS) is 15.6. The highest BCUT2D eigenvalue weighted by molar-refractivity contribution is 6.02. The summed E-state index contributed by atoms with van der Waals surface area (Å²) in [5.41, 5.74) is 8.07. The van der Waals surface area contributed by atoms with Gasteiger partial charge in [0.15, 0.2) is 5.78 Å². The van der Waals surface area contributed by atoms with E-state index in [0.717, 1.165) is 72.8 Å². The maximum atomic E-state index is 13.5. The summed E-state index contributed by atoms with van der Waals surface area (Å²) in [4.78, 5) is 38.2. The molecule has 0 radical (unpaired) electrons. The lowest BCUT2D eigenvalue weighted by atomic mass is 9.71. The van der Waals surface area contributed by atoms with Gasteiger partial charge in [0.05, 0.1) is 6.42 Å². The van der Waals surface area contributed by atoms with Gasteiger partial charge in [-0.25, -0.2) is 0 Å². The van der Waals surface area contributed by atoms with Crippen LogP contribution in [0.25, 0.3) is 11.1 Å². The SMILES string of the molecule is CCC.CCCC(CC1CC(=O)c2c(C)ccc(-c3ccc(CCc4ccccc4)cc3)c2C1)C(CC)C(=O)CC(C)=O. The van der Waals surface area contributed by atoms with Crippen LogP contribution in [-0.2, 0) is 28.9 Å². The molecule has 0 aliphatic heterocycles. The van der Waals surface area contributed by atoms with Crippen LogP contribution in [0.15, 0.2) is 66.7 Å². The Morgan fingerprint density at radius 2 is 1.47 bits per heavy atom. The number of hydrogen-bond acceptors (Lipinski definition) is 3. The first-order valence-electron chi connectivity index (χ1n) is 16.5. The van der Waals surface area contributed by atoms with E-state index < -0.39 is 0 Å². The first-order valence-corrected chi connectivity index (χ1v) is 16.5. The maximum Gasteiger partial charge on any atom is 0.163 e. The second kappa shape index (κ2) is 17.1. The van der Waals surface area contributed by atoms with Crippen molar-refractivity contribution in [3.05, 3.63) is 94.5 Å².